The number of aromatic nitrogens is 4. The number of carbonyl (C=O) groups excluding carboxylic acids is 1. The molecule has 1 saturated heterocycles. The molecule has 2 aromatic heterocycles. The molecule has 0 bridgehead atoms. The average Bonchev–Trinajstić information content (AvgIpc) is 3.01. The van der Waals surface area contributed by atoms with Gasteiger partial charge in [0.2, 0.25) is 5.91 Å². The molecule has 0 radical (unpaired) electrons. The molecular weight excluding hydrogens is 292 g/mol. The Morgan fingerprint density at radius 3 is 2.74 bits per heavy atom. The smallest absolute Gasteiger partial charge is 0.219 e. The average molecular weight is 314 g/mol. The molecular formula is C16H22N6O. The number of rotatable bonds is 4. The van der Waals surface area contributed by atoms with Gasteiger partial charge in [0, 0.05) is 31.7 Å². The zero-order chi connectivity index (χ0) is 16.2. The number of nitrogens with one attached hydrogen (secondary N) is 1. The molecule has 23 heavy (non-hydrogen) atoms. The minimum Gasteiger partial charge on any atom is -0.353 e. The monoisotopic (exact) mass is 314 g/mol. The van der Waals surface area contributed by atoms with Crippen LogP contribution < -0.4 is 10.2 Å². The van der Waals surface area contributed by atoms with Gasteiger partial charge in [0.05, 0.1) is 5.69 Å². The minimum atomic E-state index is 0.104. The molecule has 1 aliphatic heterocycles. The highest BCUT2D eigenvalue weighted by atomic mass is 16.1. The van der Waals surface area contributed by atoms with Crippen LogP contribution in [-0.2, 0) is 4.79 Å². The first-order valence-corrected chi connectivity index (χ1v) is 8.06. The Hall–Kier alpha value is -2.44. The maximum atomic E-state index is 11.6. The number of hydrogen-bond donors (Lipinski definition) is 1. The third-order valence-electron chi connectivity index (χ3n) is 4.03. The third-order valence-corrected chi connectivity index (χ3v) is 4.03. The summed E-state index contributed by atoms with van der Waals surface area (Å²) in [5.41, 5.74) is 0.946. The van der Waals surface area contributed by atoms with Crippen LogP contribution in [0.4, 0.5) is 5.82 Å². The topological polar surface area (TPSA) is 75.9 Å². The van der Waals surface area contributed by atoms with Gasteiger partial charge in [0.1, 0.15) is 0 Å². The predicted molar refractivity (Wildman–Crippen MR) is 87.6 cm³/mol. The SMILES string of the molecule is CCC(=O)N[C@H]1CCCN(c2ccc(-n3ccc(C)n3)nn2)C1. The van der Waals surface area contributed by atoms with Crippen molar-refractivity contribution in [2.45, 2.75) is 39.2 Å². The third kappa shape index (κ3) is 3.67. The molecule has 0 spiro atoms. The lowest BCUT2D eigenvalue weighted by Gasteiger charge is -2.33. The van der Waals surface area contributed by atoms with Crippen molar-refractivity contribution in [3.8, 4) is 5.82 Å². The van der Waals surface area contributed by atoms with Crippen molar-refractivity contribution in [2.75, 3.05) is 18.0 Å². The number of hydrogen-bond acceptors (Lipinski definition) is 5. The number of piperidine rings is 1. The van der Waals surface area contributed by atoms with E-state index in [1.807, 2.05) is 38.2 Å². The van der Waals surface area contributed by atoms with Crippen molar-refractivity contribution in [1.29, 1.82) is 0 Å². The molecule has 0 saturated carbocycles. The standard InChI is InChI=1S/C16H22N6O/c1-3-16(23)17-13-5-4-9-21(11-13)14-6-7-15(19-18-14)22-10-8-12(2)20-22/h6-8,10,13H,3-5,9,11H2,1-2H3,(H,17,23)/t13-/m0/s1. The van der Waals surface area contributed by atoms with E-state index in [4.69, 9.17) is 0 Å². The van der Waals surface area contributed by atoms with Gasteiger partial charge in [0.25, 0.3) is 0 Å². The first-order valence-electron chi connectivity index (χ1n) is 8.06. The Bertz CT molecular complexity index is 665. The highest BCUT2D eigenvalue weighted by Gasteiger charge is 2.22. The second kappa shape index (κ2) is 6.76. The van der Waals surface area contributed by atoms with Gasteiger partial charge in [-0.3, -0.25) is 4.79 Å². The van der Waals surface area contributed by atoms with E-state index in [1.54, 1.807) is 4.68 Å². The fourth-order valence-electron chi connectivity index (χ4n) is 2.78. The second-order valence-corrected chi connectivity index (χ2v) is 5.86. The molecule has 3 rings (SSSR count). The van der Waals surface area contributed by atoms with E-state index >= 15 is 0 Å². The zero-order valence-electron chi connectivity index (χ0n) is 13.6. The van der Waals surface area contributed by atoms with Crippen molar-refractivity contribution < 1.29 is 4.79 Å². The van der Waals surface area contributed by atoms with Crippen LogP contribution in [0.1, 0.15) is 31.9 Å². The fraction of sp³-hybridized carbons (Fsp3) is 0.500. The summed E-state index contributed by atoms with van der Waals surface area (Å²) < 4.78 is 1.71. The molecule has 2 aromatic rings. The van der Waals surface area contributed by atoms with Gasteiger partial charge < -0.3 is 10.2 Å². The minimum absolute atomic E-state index is 0.104. The highest BCUT2D eigenvalue weighted by molar-refractivity contribution is 5.75. The Morgan fingerprint density at radius 1 is 1.30 bits per heavy atom. The van der Waals surface area contributed by atoms with Crippen molar-refractivity contribution >= 4 is 11.7 Å². The Kier molecular flexibility index (Phi) is 4.55. The van der Waals surface area contributed by atoms with Crippen LogP contribution in [0.3, 0.4) is 0 Å². The predicted octanol–water partition coefficient (Wildman–Crippen LogP) is 1.47. The summed E-state index contributed by atoms with van der Waals surface area (Å²) in [6.07, 6.45) is 4.45. The zero-order valence-corrected chi connectivity index (χ0v) is 13.6. The van der Waals surface area contributed by atoms with E-state index in [2.05, 4.69) is 25.5 Å². The fourth-order valence-corrected chi connectivity index (χ4v) is 2.78. The normalized spacial score (nSPS) is 18.0. The summed E-state index contributed by atoms with van der Waals surface area (Å²) in [4.78, 5) is 13.7. The Labute approximate surface area is 135 Å². The van der Waals surface area contributed by atoms with Gasteiger partial charge in [0.15, 0.2) is 11.6 Å². The molecule has 1 atom stereocenters. The summed E-state index contributed by atoms with van der Waals surface area (Å²) in [7, 11) is 0. The van der Waals surface area contributed by atoms with E-state index in [0.717, 1.165) is 37.4 Å². The molecule has 7 heteroatoms. The van der Waals surface area contributed by atoms with Crippen molar-refractivity contribution in [3.05, 3.63) is 30.1 Å². The van der Waals surface area contributed by atoms with Crippen molar-refractivity contribution in [1.82, 2.24) is 25.3 Å². The van der Waals surface area contributed by atoms with Crippen molar-refractivity contribution in [3.63, 3.8) is 0 Å². The number of amides is 1. The van der Waals surface area contributed by atoms with Gasteiger partial charge >= 0.3 is 0 Å². The first kappa shape index (κ1) is 15.5. The summed E-state index contributed by atoms with van der Waals surface area (Å²) in [5.74, 6) is 1.65. The molecule has 122 valence electrons. The lowest BCUT2D eigenvalue weighted by atomic mass is 10.1. The molecule has 0 aromatic carbocycles. The maximum absolute atomic E-state index is 11.6. The van der Waals surface area contributed by atoms with E-state index in [1.165, 1.54) is 0 Å². The van der Waals surface area contributed by atoms with Crippen molar-refractivity contribution in [2.24, 2.45) is 0 Å². The van der Waals surface area contributed by atoms with Gasteiger partial charge in [-0.1, -0.05) is 6.92 Å². The second-order valence-electron chi connectivity index (χ2n) is 5.86. The van der Waals surface area contributed by atoms with Crippen LogP contribution in [-0.4, -0.2) is 45.0 Å². The lowest BCUT2D eigenvalue weighted by Crippen LogP contribution is -2.48. The van der Waals surface area contributed by atoms with Crippen LogP contribution in [0.2, 0.25) is 0 Å². The van der Waals surface area contributed by atoms with Gasteiger partial charge in [-0.15, -0.1) is 10.2 Å². The van der Waals surface area contributed by atoms with Gasteiger partial charge in [-0.05, 0) is 38.0 Å². The van der Waals surface area contributed by atoms with Crippen LogP contribution in [0, 0.1) is 6.92 Å². The molecule has 0 aliphatic carbocycles. The van der Waals surface area contributed by atoms with Crippen LogP contribution in [0.15, 0.2) is 24.4 Å². The summed E-state index contributed by atoms with van der Waals surface area (Å²) in [6.45, 7) is 5.53. The highest BCUT2D eigenvalue weighted by Crippen LogP contribution is 2.18. The molecule has 1 N–H and O–H groups in total. The van der Waals surface area contributed by atoms with E-state index in [-0.39, 0.29) is 11.9 Å². The van der Waals surface area contributed by atoms with Crippen LogP contribution in [0.5, 0.6) is 0 Å². The molecule has 3 heterocycles. The largest absolute Gasteiger partial charge is 0.353 e. The molecule has 0 unspecified atom stereocenters. The summed E-state index contributed by atoms with van der Waals surface area (Å²) in [6, 6.07) is 6.00. The number of carbonyl (C=O) groups is 1. The molecule has 1 amide bonds. The first-order chi connectivity index (χ1) is 11.2. The number of nitrogens with zero attached hydrogens (tertiary/aromatic N) is 5. The van der Waals surface area contributed by atoms with Crippen LogP contribution in [0.25, 0.3) is 5.82 Å². The quantitative estimate of drug-likeness (QED) is 0.925. The molecule has 7 nitrogen and oxygen atoms in total. The molecule has 1 fully saturated rings. The summed E-state index contributed by atoms with van der Waals surface area (Å²) >= 11 is 0. The van der Waals surface area contributed by atoms with E-state index in [0.29, 0.717) is 12.2 Å². The molecule has 1 aliphatic rings. The van der Waals surface area contributed by atoms with Gasteiger partial charge in [-0.2, -0.15) is 5.10 Å². The lowest BCUT2D eigenvalue weighted by molar-refractivity contribution is -0.121. The van der Waals surface area contributed by atoms with Crippen LogP contribution >= 0.6 is 0 Å². The van der Waals surface area contributed by atoms with E-state index < -0.39 is 0 Å². The summed E-state index contributed by atoms with van der Waals surface area (Å²) in [5, 5.41) is 16.0. The maximum Gasteiger partial charge on any atom is 0.219 e. The van der Waals surface area contributed by atoms with Gasteiger partial charge in [-0.25, -0.2) is 4.68 Å². The van der Waals surface area contributed by atoms with E-state index in [9.17, 15) is 4.79 Å². The Morgan fingerprint density at radius 2 is 2.09 bits per heavy atom. The number of anilines is 1. The number of aryl methyl sites for hydroxylation is 1. The Balaban J connectivity index is 1.68.